The Balaban J connectivity index is 2.11. The lowest BCUT2D eigenvalue weighted by molar-refractivity contribution is -0.141. The molecule has 0 saturated carbocycles. The molecule has 1 aromatic carbocycles. The maximum Gasteiger partial charge on any atom is 0.387 e. The molecule has 1 aliphatic rings. The molecule has 0 unspecified atom stereocenters. The number of ether oxygens (including phenoxy) is 1. The number of alkyl halides is 2. The van der Waals surface area contributed by atoms with Gasteiger partial charge >= 0.3 is 12.6 Å². The number of hydrogen-bond acceptors (Lipinski definition) is 3. The van der Waals surface area contributed by atoms with Crippen LogP contribution in [-0.4, -0.2) is 41.1 Å². The first-order valence-corrected chi connectivity index (χ1v) is 6.07. The molecule has 1 N–H and O–H groups in total. The number of carboxylic acid groups (broad SMARTS) is 1. The van der Waals surface area contributed by atoms with E-state index in [0.717, 1.165) is 0 Å². The van der Waals surface area contributed by atoms with E-state index in [9.17, 15) is 18.4 Å². The second-order valence-electron chi connectivity index (χ2n) is 4.40. The van der Waals surface area contributed by atoms with E-state index in [1.807, 2.05) is 0 Å². The number of carbonyl (C=O) groups is 2. The van der Waals surface area contributed by atoms with Gasteiger partial charge in [-0.15, -0.1) is 0 Å². The molecule has 1 fully saturated rings. The molecule has 1 saturated heterocycles. The molecular weight excluding hydrogens is 272 g/mol. The van der Waals surface area contributed by atoms with Gasteiger partial charge in [0.15, 0.2) is 0 Å². The van der Waals surface area contributed by atoms with E-state index in [-0.39, 0.29) is 11.3 Å². The molecule has 7 heteroatoms. The molecule has 1 aliphatic heterocycles. The number of hydrogen-bond donors (Lipinski definition) is 1. The fourth-order valence-corrected chi connectivity index (χ4v) is 2.21. The Labute approximate surface area is 113 Å². The smallest absolute Gasteiger partial charge is 0.387 e. The van der Waals surface area contributed by atoms with Gasteiger partial charge in [0.05, 0.1) is 0 Å². The van der Waals surface area contributed by atoms with Crippen LogP contribution in [0, 0.1) is 0 Å². The van der Waals surface area contributed by atoms with Crippen molar-refractivity contribution in [2.75, 3.05) is 6.54 Å². The summed E-state index contributed by atoms with van der Waals surface area (Å²) in [4.78, 5) is 24.5. The third-order valence-corrected chi connectivity index (χ3v) is 3.13. The SMILES string of the molecule is O=C(O)[C@H]1CCCN1C(=O)c1ccc(OC(F)F)cc1. The zero-order valence-corrected chi connectivity index (χ0v) is 10.5. The Hall–Kier alpha value is -2.18. The van der Waals surface area contributed by atoms with Gasteiger partial charge in [-0.1, -0.05) is 0 Å². The highest BCUT2D eigenvalue weighted by atomic mass is 19.3. The molecule has 1 heterocycles. The number of benzene rings is 1. The number of carboxylic acids is 1. The summed E-state index contributed by atoms with van der Waals surface area (Å²) >= 11 is 0. The Morgan fingerprint density at radius 3 is 2.50 bits per heavy atom. The summed E-state index contributed by atoms with van der Waals surface area (Å²) in [5.74, 6) is -1.50. The van der Waals surface area contributed by atoms with Crippen LogP contribution in [0.25, 0.3) is 0 Å². The van der Waals surface area contributed by atoms with Crippen LogP contribution in [-0.2, 0) is 4.79 Å². The molecule has 5 nitrogen and oxygen atoms in total. The quantitative estimate of drug-likeness (QED) is 0.918. The predicted octanol–water partition coefficient (Wildman–Crippen LogP) is 1.98. The van der Waals surface area contributed by atoms with E-state index in [1.165, 1.54) is 29.2 Å². The van der Waals surface area contributed by atoms with Gasteiger partial charge in [-0.25, -0.2) is 4.79 Å². The zero-order valence-electron chi connectivity index (χ0n) is 10.5. The van der Waals surface area contributed by atoms with Crippen molar-refractivity contribution in [2.45, 2.75) is 25.5 Å². The van der Waals surface area contributed by atoms with Gasteiger partial charge < -0.3 is 14.7 Å². The number of nitrogens with zero attached hydrogens (tertiary/aromatic N) is 1. The van der Waals surface area contributed by atoms with E-state index in [2.05, 4.69) is 4.74 Å². The van der Waals surface area contributed by atoms with Gasteiger partial charge in [-0.05, 0) is 37.1 Å². The minimum atomic E-state index is -2.92. The molecule has 20 heavy (non-hydrogen) atoms. The Bertz CT molecular complexity index is 504. The first-order chi connectivity index (χ1) is 9.49. The minimum Gasteiger partial charge on any atom is -0.480 e. The molecule has 2 rings (SSSR count). The van der Waals surface area contributed by atoms with E-state index in [4.69, 9.17) is 5.11 Å². The van der Waals surface area contributed by atoms with Crippen LogP contribution < -0.4 is 4.74 Å². The molecule has 0 bridgehead atoms. The minimum absolute atomic E-state index is 0.0484. The summed E-state index contributed by atoms with van der Waals surface area (Å²) in [7, 11) is 0. The van der Waals surface area contributed by atoms with Gasteiger partial charge in [0.1, 0.15) is 11.8 Å². The van der Waals surface area contributed by atoms with Crippen LogP contribution in [0.5, 0.6) is 5.75 Å². The van der Waals surface area contributed by atoms with Crippen molar-refractivity contribution >= 4 is 11.9 Å². The van der Waals surface area contributed by atoms with Crippen LogP contribution in [0.15, 0.2) is 24.3 Å². The molecule has 0 aliphatic carbocycles. The Kier molecular flexibility index (Phi) is 4.16. The topological polar surface area (TPSA) is 66.8 Å². The summed E-state index contributed by atoms with van der Waals surface area (Å²) in [6.07, 6.45) is 1.06. The number of amides is 1. The molecule has 1 aromatic rings. The summed E-state index contributed by atoms with van der Waals surface area (Å²) < 4.78 is 28.2. The molecule has 1 atom stereocenters. The van der Waals surface area contributed by atoms with E-state index >= 15 is 0 Å². The van der Waals surface area contributed by atoms with Crippen molar-refractivity contribution < 1.29 is 28.2 Å². The summed E-state index contributed by atoms with van der Waals surface area (Å²) in [5.41, 5.74) is 0.250. The molecule has 0 spiro atoms. The van der Waals surface area contributed by atoms with Gasteiger partial charge in [-0.2, -0.15) is 8.78 Å². The van der Waals surface area contributed by atoms with E-state index in [0.29, 0.717) is 19.4 Å². The average Bonchev–Trinajstić information content (AvgIpc) is 2.87. The van der Waals surface area contributed by atoms with Crippen molar-refractivity contribution in [1.82, 2.24) is 4.90 Å². The normalized spacial score (nSPS) is 18.4. The standard InChI is InChI=1S/C13H13F2NO4/c14-13(15)20-9-5-3-8(4-6-9)11(17)16-7-1-2-10(16)12(18)19/h3-6,10,13H,1-2,7H2,(H,18,19)/t10-/m1/s1. The van der Waals surface area contributed by atoms with Crippen LogP contribution in [0.1, 0.15) is 23.2 Å². The lowest BCUT2D eigenvalue weighted by Crippen LogP contribution is -2.40. The van der Waals surface area contributed by atoms with Crippen molar-refractivity contribution in [2.24, 2.45) is 0 Å². The van der Waals surface area contributed by atoms with Gasteiger partial charge in [0.25, 0.3) is 5.91 Å². The number of aliphatic carboxylic acids is 1. The van der Waals surface area contributed by atoms with Crippen molar-refractivity contribution in [3.05, 3.63) is 29.8 Å². The predicted molar refractivity (Wildman–Crippen MR) is 64.8 cm³/mol. The van der Waals surface area contributed by atoms with Gasteiger partial charge in [-0.3, -0.25) is 4.79 Å². The monoisotopic (exact) mass is 285 g/mol. The molecule has 0 radical (unpaired) electrons. The van der Waals surface area contributed by atoms with Crippen LogP contribution in [0.3, 0.4) is 0 Å². The second-order valence-corrected chi connectivity index (χ2v) is 4.40. The highest BCUT2D eigenvalue weighted by molar-refractivity contribution is 5.97. The van der Waals surface area contributed by atoms with Crippen LogP contribution in [0.2, 0.25) is 0 Å². The van der Waals surface area contributed by atoms with Crippen LogP contribution >= 0.6 is 0 Å². The lowest BCUT2D eigenvalue weighted by Gasteiger charge is -2.21. The Morgan fingerprint density at radius 1 is 1.30 bits per heavy atom. The molecule has 108 valence electrons. The number of carbonyl (C=O) groups excluding carboxylic acids is 1. The fraction of sp³-hybridized carbons (Fsp3) is 0.385. The molecule has 1 amide bonds. The third kappa shape index (κ3) is 3.04. The summed E-state index contributed by atoms with van der Waals surface area (Å²) in [6, 6.07) is 4.38. The zero-order chi connectivity index (χ0) is 14.7. The Morgan fingerprint density at radius 2 is 1.95 bits per heavy atom. The number of likely N-dealkylation sites (tertiary alicyclic amines) is 1. The summed E-state index contributed by atoms with van der Waals surface area (Å²) in [5, 5.41) is 9.03. The first kappa shape index (κ1) is 14.2. The van der Waals surface area contributed by atoms with Crippen molar-refractivity contribution in [1.29, 1.82) is 0 Å². The third-order valence-electron chi connectivity index (χ3n) is 3.13. The maximum absolute atomic E-state index is 12.2. The first-order valence-electron chi connectivity index (χ1n) is 6.07. The van der Waals surface area contributed by atoms with Gasteiger partial charge in [0.2, 0.25) is 0 Å². The fourth-order valence-electron chi connectivity index (χ4n) is 2.21. The molecular formula is C13H13F2NO4. The van der Waals surface area contributed by atoms with E-state index < -0.39 is 24.5 Å². The molecule has 0 aromatic heterocycles. The van der Waals surface area contributed by atoms with Crippen molar-refractivity contribution in [3.63, 3.8) is 0 Å². The van der Waals surface area contributed by atoms with E-state index in [1.54, 1.807) is 0 Å². The average molecular weight is 285 g/mol. The van der Waals surface area contributed by atoms with Gasteiger partial charge in [0, 0.05) is 12.1 Å². The highest BCUT2D eigenvalue weighted by Gasteiger charge is 2.34. The number of rotatable bonds is 4. The lowest BCUT2D eigenvalue weighted by atomic mass is 10.1. The van der Waals surface area contributed by atoms with Crippen molar-refractivity contribution in [3.8, 4) is 5.75 Å². The van der Waals surface area contributed by atoms with Crippen LogP contribution in [0.4, 0.5) is 8.78 Å². The number of halogens is 2. The largest absolute Gasteiger partial charge is 0.480 e. The highest BCUT2D eigenvalue weighted by Crippen LogP contribution is 2.22. The maximum atomic E-state index is 12.2. The second kappa shape index (κ2) is 5.85. The summed E-state index contributed by atoms with van der Waals surface area (Å²) in [6.45, 7) is -2.54.